The van der Waals surface area contributed by atoms with E-state index < -0.39 is 5.41 Å². The number of fused-ring (bicyclic) bond motifs is 1. The monoisotopic (exact) mass is 360 g/mol. The molecule has 0 bridgehead atoms. The average Bonchev–Trinajstić information content (AvgIpc) is 2.68. The fraction of sp³-hybridized carbons (Fsp3) is 0.684. The van der Waals surface area contributed by atoms with Crippen molar-refractivity contribution in [3.63, 3.8) is 0 Å². The van der Waals surface area contributed by atoms with Crippen molar-refractivity contribution in [2.75, 3.05) is 26.2 Å². The number of likely N-dealkylation sites (tertiary alicyclic amines) is 1. The molecular weight excluding hydrogens is 332 g/mol. The van der Waals surface area contributed by atoms with Crippen molar-refractivity contribution in [3.05, 3.63) is 23.8 Å². The zero-order valence-corrected chi connectivity index (χ0v) is 15.7. The molecule has 0 radical (unpaired) electrons. The molecule has 1 aromatic heterocycles. The largest absolute Gasteiger partial charge is 0.465 e. The zero-order valence-electron chi connectivity index (χ0n) is 15.7. The van der Waals surface area contributed by atoms with Gasteiger partial charge in [0.05, 0.1) is 17.9 Å². The van der Waals surface area contributed by atoms with Crippen molar-refractivity contribution in [1.82, 2.24) is 20.2 Å². The molecule has 26 heavy (non-hydrogen) atoms. The third-order valence-corrected chi connectivity index (χ3v) is 5.50. The summed E-state index contributed by atoms with van der Waals surface area (Å²) in [6, 6.07) is 0.0708. The highest BCUT2D eigenvalue weighted by atomic mass is 16.5. The summed E-state index contributed by atoms with van der Waals surface area (Å²) in [6.07, 6.45) is 7.15. The fourth-order valence-corrected chi connectivity index (χ4v) is 4.22. The number of aromatic nitrogens is 2. The Labute approximate surface area is 154 Å². The average molecular weight is 360 g/mol. The second-order valence-electron chi connectivity index (χ2n) is 7.14. The first-order valence-electron chi connectivity index (χ1n) is 9.61. The summed E-state index contributed by atoms with van der Waals surface area (Å²) in [5.41, 5.74) is 0.681. The molecule has 1 amide bonds. The molecule has 2 aliphatic rings. The Balaban J connectivity index is 1.85. The van der Waals surface area contributed by atoms with Gasteiger partial charge in [-0.05, 0) is 39.2 Å². The van der Waals surface area contributed by atoms with Gasteiger partial charge in [0.1, 0.15) is 11.7 Å². The third-order valence-electron chi connectivity index (χ3n) is 5.50. The van der Waals surface area contributed by atoms with Crippen LogP contribution in [0.25, 0.3) is 0 Å². The Kier molecular flexibility index (Phi) is 5.86. The molecule has 142 valence electrons. The summed E-state index contributed by atoms with van der Waals surface area (Å²) in [4.78, 5) is 36.1. The van der Waals surface area contributed by atoms with Gasteiger partial charge in [-0.2, -0.15) is 0 Å². The smallest absolute Gasteiger partial charge is 0.315 e. The van der Waals surface area contributed by atoms with Crippen molar-refractivity contribution < 1.29 is 14.3 Å². The highest BCUT2D eigenvalue weighted by Crippen LogP contribution is 2.39. The van der Waals surface area contributed by atoms with E-state index in [1.165, 1.54) is 6.33 Å². The Hall–Kier alpha value is -2.02. The molecule has 2 aliphatic heterocycles. The van der Waals surface area contributed by atoms with E-state index in [4.69, 9.17) is 4.74 Å². The van der Waals surface area contributed by atoms with E-state index in [9.17, 15) is 9.59 Å². The molecular formula is C19H28N4O3. The van der Waals surface area contributed by atoms with Crippen molar-refractivity contribution in [2.24, 2.45) is 5.41 Å². The molecule has 2 atom stereocenters. The number of amides is 1. The molecule has 2 fully saturated rings. The van der Waals surface area contributed by atoms with Crippen LogP contribution in [0, 0.1) is 5.41 Å². The van der Waals surface area contributed by atoms with Gasteiger partial charge in [-0.25, -0.2) is 9.97 Å². The van der Waals surface area contributed by atoms with Crippen LogP contribution in [0.5, 0.6) is 0 Å². The Morgan fingerprint density at radius 2 is 2.27 bits per heavy atom. The standard InChI is InChI=1S/C19H28N4O3/c1-3-6-15-14(11-20-13-22-15)17(24)23-10-7-16-19(12-23,8-5-9-21-16)18(25)26-4-2/h11,13,16,21H,3-10,12H2,1-2H3/t16-,19+/m1/s1. The van der Waals surface area contributed by atoms with E-state index in [2.05, 4.69) is 22.2 Å². The van der Waals surface area contributed by atoms with Gasteiger partial charge < -0.3 is 15.0 Å². The first-order valence-corrected chi connectivity index (χ1v) is 9.61. The number of carbonyl (C=O) groups is 2. The summed E-state index contributed by atoms with van der Waals surface area (Å²) in [7, 11) is 0. The topological polar surface area (TPSA) is 84.4 Å². The van der Waals surface area contributed by atoms with Gasteiger partial charge in [-0.1, -0.05) is 13.3 Å². The van der Waals surface area contributed by atoms with Crippen molar-refractivity contribution in [2.45, 2.75) is 52.0 Å². The van der Waals surface area contributed by atoms with E-state index in [1.807, 2.05) is 6.92 Å². The minimum Gasteiger partial charge on any atom is -0.465 e. The first-order chi connectivity index (χ1) is 12.6. The van der Waals surface area contributed by atoms with Crippen LogP contribution in [0.3, 0.4) is 0 Å². The zero-order chi connectivity index (χ0) is 18.6. The minimum atomic E-state index is -0.650. The number of hydrogen-bond donors (Lipinski definition) is 1. The van der Waals surface area contributed by atoms with Crippen LogP contribution >= 0.6 is 0 Å². The number of aryl methyl sites for hydroxylation is 1. The van der Waals surface area contributed by atoms with E-state index in [1.54, 1.807) is 11.1 Å². The lowest BCUT2D eigenvalue weighted by atomic mass is 9.70. The lowest BCUT2D eigenvalue weighted by molar-refractivity contribution is -0.162. The molecule has 0 aromatic carbocycles. The van der Waals surface area contributed by atoms with Gasteiger partial charge in [0.2, 0.25) is 0 Å². The summed E-state index contributed by atoms with van der Waals surface area (Å²) < 4.78 is 5.40. The molecule has 0 unspecified atom stereocenters. The molecule has 2 saturated heterocycles. The summed E-state index contributed by atoms with van der Waals surface area (Å²) in [6.45, 7) is 6.16. The van der Waals surface area contributed by atoms with Gasteiger partial charge in [0.25, 0.3) is 5.91 Å². The van der Waals surface area contributed by atoms with E-state index in [0.717, 1.165) is 44.3 Å². The molecule has 1 N–H and O–H groups in total. The van der Waals surface area contributed by atoms with E-state index >= 15 is 0 Å². The second-order valence-corrected chi connectivity index (χ2v) is 7.14. The first kappa shape index (κ1) is 18.8. The lowest BCUT2D eigenvalue weighted by Crippen LogP contribution is -2.64. The van der Waals surface area contributed by atoms with Crippen LogP contribution in [-0.4, -0.2) is 59.0 Å². The molecule has 7 nitrogen and oxygen atoms in total. The Morgan fingerprint density at radius 1 is 1.42 bits per heavy atom. The molecule has 3 heterocycles. The van der Waals surface area contributed by atoms with Gasteiger partial charge in [-0.3, -0.25) is 9.59 Å². The number of ether oxygens (including phenoxy) is 1. The SMILES string of the molecule is CCCc1ncncc1C(=O)N1CC[C@H]2NCCC[C@]2(C(=O)OCC)C1. The number of rotatable bonds is 5. The minimum absolute atomic E-state index is 0.0708. The maximum absolute atomic E-state index is 13.2. The second kappa shape index (κ2) is 8.12. The lowest BCUT2D eigenvalue weighted by Gasteiger charge is -2.49. The molecule has 1 aromatic rings. The number of hydrogen-bond acceptors (Lipinski definition) is 6. The Morgan fingerprint density at radius 3 is 3.04 bits per heavy atom. The fourth-order valence-electron chi connectivity index (χ4n) is 4.22. The van der Waals surface area contributed by atoms with Crippen molar-refractivity contribution in [3.8, 4) is 0 Å². The van der Waals surface area contributed by atoms with E-state index in [0.29, 0.717) is 25.3 Å². The predicted molar refractivity (Wildman–Crippen MR) is 96.6 cm³/mol. The summed E-state index contributed by atoms with van der Waals surface area (Å²) >= 11 is 0. The maximum Gasteiger partial charge on any atom is 0.315 e. The molecule has 3 rings (SSSR count). The van der Waals surface area contributed by atoms with Gasteiger partial charge in [0, 0.05) is 25.3 Å². The number of esters is 1. The highest BCUT2D eigenvalue weighted by Gasteiger charge is 2.52. The van der Waals surface area contributed by atoms with Crippen LogP contribution in [0.15, 0.2) is 12.5 Å². The van der Waals surface area contributed by atoms with Crippen LogP contribution in [0.2, 0.25) is 0 Å². The predicted octanol–water partition coefficient (Wildman–Crippen LogP) is 1.58. The molecule has 0 saturated carbocycles. The van der Waals surface area contributed by atoms with Crippen LogP contribution in [0.1, 0.15) is 55.6 Å². The van der Waals surface area contributed by atoms with Crippen LogP contribution < -0.4 is 5.32 Å². The third kappa shape index (κ3) is 3.45. The Bertz CT molecular complexity index is 666. The molecule has 7 heteroatoms. The normalized spacial score (nSPS) is 25.5. The van der Waals surface area contributed by atoms with Crippen molar-refractivity contribution in [1.29, 1.82) is 0 Å². The molecule has 0 aliphatic carbocycles. The number of piperidine rings is 2. The van der Waals surface area contributed by atoms with Gasteiger partial charge in [-0.15, -0.1) is 0 Å². The number of carbonyl (C=O) groups excluding carboxylic acids is 2. The number of nitrogens with zero attached hydrogens (tertiary/aromatic N) is 3. The molecule has 0 spiro atoms. The summed E-state index contributed by atoms with van der Waals surface area (Å²) in [5, 5.41) is 3.47. The van der Waals surface area contributed by atoms with Crippen molar-refractivity contribution >= 4 is 11.9 Å². The summed E-state index contributed by atoms with van der Waals surface area (Å²) in [5.74, 6) is -0.269. The quantitative estimate of drug-likeness (QED) is 0.803. The van der Waals surface area contributed by atoms with Crippen LogP contribution in [0.4, 0.5) is 0 Å². The number of nitrogens with one attached hydrogen (secondary N) is 1. The van der Waals surface area contributed by atoms with Gasteiger partial charge in [0.15, 0.2) is 0 Å². The van der Waals surface area contributed by atoms with E-state index in [-0.39, 0.29) is 17.9 Å². The highest BCUT2D eigenvalue weighted by molar-refractivity contribution is 5.95. The van der Waals surface area contributed by atoms with Crippen LogP contribution in [-0.2, 0) is 16.0 Å². The van der Waals surface area contributed by atoms with Gasteiger partial charge >= 0.3 is 5.97 Å². The maximum atomic E-state index is 13.2.